The minimum atomic E-state index is 0.229. The van der Waals surface area contributed by atoms with Crippen LogP contribution in [0.25, 0.3) is 0 Å². The average Bonchev–Trinajstić information content (AvgIpc) is 2.77. The van der Waals surface area contributed by atoms with Crippen molar-refractivity contribution in [3.05, 3.63) is 0 Å². The maximum atomic E-state index is 11.8. The molecule has 15 heavy (non-hydrogen) atoms. The van der Waals surface area contributed by atoms with E-state index in [4.69, 9.17) is 5.73 Å². The van der Waals surface area contributed by atoms with E-state index in [0.717, 1.165) is 6.42 Å². The third-order valence-corrected chi connectivity index (χ3v) is 4.00. The Bertz CT molecular complexity index is 236. The molecule has 0 aromatic heterocycles. The van der Waals surface area contributed by atoms with Crippen molar-refractivity contribution in [2.45, 2.75) is 45.1 Å². The van der Waals surface area contributed by atoms with E-state index in [0.29, 0.717) is 18.4 Å². The van der Waals surface area contributed by atoms with Gasteiger partial charge in [0, 0.05) is 18.5 Å². The Morgan fingerprint density at radius 3 is 2.53 bits per heavy atom. The van der Waals surface area contributed by atoms with Crippen LogP contribution in [0.4, 0.5) is 0 Å². The summed E-state index contributed by atoms with van der Waals surface area (Å²) in [6.45, 7) is 2.73. The summed E-state index contributed by atoms with van der Waals surface area (Å²) in [4.78, 5) is 11.8. The summed E-state index contributed by atoms with van der Waals surface area (Å²) < 4.78 is 0. The summed E-state index contributed by atoms with van der Waals surface area (Å²) in [5.74, 6) is 1.74. The quantitative estimate of drug-likeness (QED) is 0.734. The van der Waals surface area contributed by atoms with Gasteiger partial charge in [-0.05, 0) is 31.1 Å². The summed E-state index contributed by atoms with van der Waals surface area (Å²) >= 11 is 0. The summed E-state index contributed by atoms with van der Waals surface area (Å²) in [6, 6.07) is 0.229. The topological polar surface area (TPSA) is 55.1 Å². The fourth-order valence-electron chi connectivity index (χ4n) is 2.71. The molecule has 3 unspecified atom stereocenters. The second-order valence-electron chi connectivity index (χ2n) is 5.21. The molecule has 0 heterocycles. The zero-order chi connectivity index (χ0) is 10.8. The van der Waals surface area contributed by atoms with Crippen LogP contribution >= 0.6 is 0 Å². The number of hydrogen-bond donors (Lipinski definition) is 2. The molecule has 0 bridgehead atoms. The Balaban J connectivity index is 1.81. The second-order valence-corrected chi connectivity index (χ2v) is 5.21. The number of hydrogen-bond acceptors (Lipinski definition) is 2. The molecule has 0 aromatic rings. The number of nitrogens with two attached hydrogens (primary N) is 1. The standard InChI is InChI=1S/C12H22N2O/c1-8-6-10(8)12(15)14-11(7-13)9-4-2-3-5-9/h8-11H,2-7,13H2,1H3,(H,14,15). The molecule has 0 aliphatic heterocycles. The molecule has 3 nitrogen and oxygen atoms in total. The second kappa shape index (κ2) is 4.52. The highest BCUT2D eigenvalue weighted by molar-refractivity contribution is 5.81. The number of carbonyl (C=O) groups is 1. The van der Waals surface area contributed by atoms with Gasteiger partial charge in [-0.25, -0.2) is 0 Å². The van der Waals surface area contributed by atoms with Gasteiger partial charge in [0.15, 0.2) is 0 Å². The van der Waals surface area contributed by atoms with Gasteiger partial charge in [-0.1, -0.05) is 19.8 Å². The van der Waals surface area contributed by atoms with Crippen molar-refractivity contribution in [1.29, 1.82) is 0 Å². The average molecular weight is 210 g/mol. The third kappa shape index (κ3) is 2.51. The maximum Gasteiger partial charge on any atom is 0.223 e. The van der Waals surface area contributed by atoms with E-state index < -0.39 is 0 Å². The summed E-state index contributed by atoms with van der Waals surface area (Å²) in [6.07, 6.45) is 6.15. The minimum Gasteiger partial charge on any atom is -0.352 e. The first kappa shape index (κ1) is 10.9. The Morgan fingerprint density at radius 1 is 1.47 bits per heavy atom. The molecule has 0 saturated heterocycles. The summed E-state index contributed by atoms with van der Waals surface area (Å²) in [5, 5.41) is 3.14. The fraction of sp³-hybridized carbons (Fsp3) is 0.917. The summed E-state index contributed by atoms with van der Waals surface area (Å²) in [5.41, 5.74) is 5.74. The van der Waals surface area contributed by atoms with Crippen molar-refractivity contribution >= 4 is 5.91 Å². The first-order valence-electron chi connectivity index (χ1n) is 6.22. The highest BCUT2D eigenvalue weighted by Gasteiger charge is 2.40. The molecule has 1 amide bonds. The lowest BCUT2D eigenvalue weighted by Gasteiger charge is -2.23. The largest absolute Gasteiger partial charge is 0.352 e. The number of rotatable bonds is 4. The van der Waals surface area contributed by atoms with Crippen LogP contribution in [0.1, 0.15) is 39.0 Å². The SMILES string of the molecule is CC1CC1C(=O)NC(CN)C1CCCC1. The van der Waals surface area contributed by atoms with E-state index in [1.807, 2.05) is 0 Å². The molecule has 2 fully saturated rings. The van der Waals surface area contributed by atoms with E-state index in [1.54, 1.807) is 0 Å². The molecule has 3 atom stereocenters. The molecule has 3 heteroatoms. The van der Waals surface area contributed by atoms with Crippen LogP contribution in [0.2, 0.25) is 0 Å². The van der Waals surface area contributed by atoms with Gasteiger partial charge in [0.2, 0.25) is 5.91 Å². The smallest absolute Gasteiger partial charge is 0.223 e. The van der Waals surface area contributed by atoms with E-state index in [1.165, 1.54) is 25.7 Å². The van der Waals surface area contributed by atoms with Gasteiger partial charge in [0.1, 0.15) is 0 Å². The Morgan fingerprint density at radius 2 is 2.07 bits per heavy atom. The van der Waals surface area contributed by atoms with Gasteiger partial charge >= 0.3 is 0 Å². The molecule has 0 spiro atoms. The monoisotopic (exact) mass is 210 g/mol. The zero-order valence-electron chi connectivity index (χ0n) is 9.54. The Labute approximate surface area is 91.8 Å². The molecular weight excluding hydrogens is 188 g/mol. The number of nitrogens with one attached hydrogen (secondary N) is 1. The summed E-state index contributed by atoms with van der Waals surface area (Å²) in [7, 11) is 0. The molecule has 2 rings (SSSR count). The lowest BCUT2D eigenvalue weighted by molar-refractivity contribution is -0.123. The van der Waals surface area contributed by atoms with Crippen LogP contribution in [0, 0.1) is 17.8 Å². The molecule has 2 saturated carbocycles. The van der Waals surface area contributed by atoms with Crippen molar-refractivity contribution in [2.75, 3.05) is 6.54 Å². The highest BCUT2D eigenvalue weighted by atomic mass is 16.2. The van der Waals surface area contributed by atoms with Gasteiger partial charge in [-0.15, -0.1) is 0 Å². The van der Waals surface area contributed by atoms with Gasteiger partial charge in [-0.3, -0.25) is 4.79 Å². The fourth-order valence-corrected chi connectivity index (χ4v) is 2.71. The first-order valence-corrected chi connectivity index (χ1v) is 6.22. The van der Waals surface area contributed by atoms with Crippen molar-refractivity contribution < 1.29 is 4.79 Å². The van der Waals surface area contributed by atoms with Crippen LogP contribution in [0.3, 0.4) is 0 Å². The minimum absolute atomic E-state index is 0.229. The maximum absolute atomic E-state index is 11.8. The third-order valence-electron chi connectivity index (χ3n) is 4.00. The molecule has 86 valence electrons. The molecule has 0 radical (unpaired) electrons. The molecule has 0 aromatic carbocycles. The Kier molecular flexibility index (Phi) is 3.29. The van der Waals surface area contributed by atoms with Gasteiger partial charge < -0.3 is 11.1 Å². The number of carbonyl (C=O) groups excluding carboxylic acids is 1. The van der Waals surface area contributed by atoms with Crippen molar-refractivity contribution in [2.24, 2.45) is 23.5 Å². The molecular formula is C12H22N2O. The first-order chi connectivity index (χ1) is 7.22. The zero-order valence-corrected chi connectivity index (χ0v) is 9.54. The lowest BCUT2D eigenvalue weighted by atomic mass is 9.98. The lowest BCUT2D eigenvalue weighted by Crippen LogP contribution is -2.45. The van der Waals surface area contributed by atoms with Crippen molar-refractivity contribution in [3.8, 4) is 0 Å². The van der Waals surface area contributed by atoms with Crippen LogP contribution < -0.4 is 11.1 Å². The van der Waals surface area contributed by atoms with Gasteiger partial charge in [-0.2, -0.15) is 0 Å². The number of amides is 1. The molecule has 2 aliphatic rings. The predicted octanol–water partition coefficient (Wildman–Crippen LogP) is 1.28. The van der Waals surface area contributed by atoms with E-state index in [-0.39, 0.29) is 17.9 Å². The van der Waals surface area contributed by atoms with Crippen LogP contribution in [-0.2, 0) is 4.79 Å². The van der Waals surface area contributed by atoms with Gasteiger partial charge in [0.25, 0.3) is 0 Å². The van der Waals surface area contributed by atoms with E-state index in [9.17, 15) is 4.79 Å². The van der Waals surface area contributed by atoms with Crippen LogP contribution in [-0.4, -0.2) is 18.5 Å². The predicted molar refractivity (Wildman–Crippen MR) is 60.2 cm³/mol. The normalized spacial score (nSPS) is 32.7. The Hall–Kier alpha value is -0.570. The van der Waals surface area contributed by atoms with E-state index >= 15 is 0 Å². The van der Waals surface area contributed by atoms with Crippen molar-refractivity contribution in [3.63, 3.8) is 0 Å². The van der Waals surface area contributed by atoms with Crippen LogP contribution in [0.5, 0.6) is 0 Å². The molecule has 3 N–H and O–H groups in total. The van der Waals surface area contributed by atoms with Crippen LogP contribution in [0.15, 0.2) is 0 Å². The highest BCUT2D eigenvalue weighted by Crippen LogP contribution is 2.38. The molecule has 2 aliphatic carbocycles. The van der Waals surface area contributed by atoms with Crippen molar-refractivity contribution in [1.82, 2.24) is 5.32 Å². The van der Waals surface area contributed by atoms with E-state index in [2.05, 4.69) is 12.2 Å². The van der Waals surface area contributed by atoms with Gasteiger partial charge in [0.05, 0.1) is 0 Å².